The Morgan fingerprint density at radius 2 is 1.29 bits per heavy atom. The summed E-state index contributed by atoms with van der Waals surface area (Å²) in [6.45, 7) is 0. The molecule has 0 saturated carbocycles. The quantitative estimate of drug-likeness (QED) is 0.184. The lowest BCUT2D eigenvalue weighted by Crippen LogP contribution is -2.00. The number of hydrogen-bond acceptors (Lipinski definition) is 2. The zero-order valence-corrected chi connectivity index (χ0v) is 15.3. The Hall–Kier alpha value is -1.52. The normalized spacial score (nSPS) is 11.2. The van der Waals surface area contributed by atoms with Gasteiger partial charge in [0.25, 0.3) is 0 Å². The number of hydrogen-bond donors (Lipinski definition) is 0. The van der Waals surface area contributed by atoms with Gasteiger partial charge in [-0.25, -0.2) is 8.42 Å². The van der Waals surface area contributed by atoms with E-state index in [0.29, 0.717) is 6.42 Å². The zero-order chi connectivity index (χ0) is 17.5. The molecule has 5 nitrogen and oxygen atoms in total. The Morgan fingerprint density at radius 3 is 1.83 bits per heavy atom. The van der Waals surface area contributed by atoms with Crippen LogP contribution in [0.25, 0.3) is 10.4 Å². The van der Waals surface area contributed by atoms with Crippen LogP contribution in [0.1, 0.15) is 69.8 Å². The molecule has 0 saturated heterocycles. The van der Waals surface area contributed by atoms with E-state index in [1.165, 1.54) is 50.5 Å². The molecule has 0 unspecified atom stereocenters. The molecule has 0 aliphatic heterocycles. The van der Waals surface area contributed by atoms with Crippen molar-refractivity contribution in [3.63, 3.8) is 0 Å². The highest BCUT2D eigenvalue weighted by atomic mass is 32.2. The van der Waals surface area contributed by atoms with Crippen LogP contribution in [0.2, 0.25) is 0 Å². The first-order chi connectivity index (χ1) is 11.6. The number of sulfonamides is 1. The van der Waals surface area contributed by atoms with Gasteiger partial charge in [0.05, 0.1) is 5.75 Å². The summed E-state index contributed by atoms with van der Waals surface area (Å²) in [6, 6.07) is 10.6. The molecule has 24 heavy (non-hydrogen) atoms. The number of rotatable bonds is 14. The molecule has 1 aromatic rings. The topological polar surface area (TPSA) is 82.9 Å². The second-order valence-corrected chi connectivity index (χ2v) is 7.96. The van der Waals surface area contributed by atoms with Gasteiger partial charge in [-0.2, -0.15) is 0 Å². The van der Waals surface area contributed by atoms with Gasteiger partial charge < -0.3 is 0 Å². The van der Waals surface area contributed by atoms with Gasteiger partial charge in [-0.15, -0.1) is 0 Å². The minimum absolute atomic E-state index is 0.0293. The third-order valence-electron chi connectivity index (χ3n) is 4.12. The second-order valence-electron chi connectivity index (χ2n) is 6.23. The first-order valence-corrected chi connectivity index (χ1v) is 10.6. The van der Waals surface area contributed by atoms with Crippen molar-refractivity contribution >= 4 is 10.0 Å². The Labute approximate surface area is 146 Å². The maximum atomic E-state index is 11.2. The van der Waals surface area contributed by atoms with E-state index in [0.717, 1.165) is 19.3 Å². The molecule has 0 amide bonds. The molecule has 0 heterocycles. The molecule has 134 valence electrons. The van der Waals surface area contributed by atoms with Gasteiger partial charge in [0.1, 0.15) is 0 Å². The number of benzene rings is 1. The second kappa shape index (κ2) is 12.8. The number of aryl methyl sites for hydroxylation is 1. The van der Waals surface area contributed by atoms with Crippen molar-refractivity contribution in [3.05, 3.63) is 46.3 Å². The summed E-state index contributed by atoms with van der Waals surface area (Å²) >= 11 is 0. The molecule has 0 spiro atoms. The van der Waals surface area contributed by atoms with Crippen LogP contribution in [-0.4, -0.2) is 14.2 Å². The highest BCUT2D eigenvalue weighted by molar-refractivity contribution is 7.89. The van der Waals surface area contributed by atoms with Gasteiger partial charge in [-0.1, -0.05) is 81.7 Å². The van der Waals surface area contributed by atoms with E-state index in [2.05, 4.69) is 39.8 Å². The molecular formula is C18H29N3O2S. The van der Waals surface area contributed by atoms with Crippen molar-refractivity contribution in [3.8, 4) is 0 Å². The fraction of sp³-hybridized carbons (Fsp3) is 0.667. The number of unbranched alkanes of at least 4 members (excludes halogenated alkanes) is 9. The third-order valence-corrected chi connectivity index (χ3v) is 5.25. The molecular weight excluding hydrogens is 322 g/mol. The van der Waals surface area contributed by atoms with Gasteiger partial charge in [0, 0.05) is 9.43 Å². The third kappa shape index (κ3) is 11.1. The van der Waals surface area contributed by atoms with Crippen molar-refractivity contribution in [1.82, 2.24) is 0 Å². The largest absolute Gasteiger partial charge is 0.235 e. The minimum Gasteiger partial charge on any atom is -0.221 e. The lowest BCUT2D eigenvalue weighted by atomic mass is 10.0. The first kappa shape index (κ1) is 20.5. The smallest absolute Gasteiger partial charge is 0.221 e. The Balaban J connectivity index is 1.85. The summed E-state index contributed by atoms with van der Waals surface area (Å²) in [7, 11) is -3.55. The van der Waals surface area contributed by atoms with Crippen LogP contribution in [0.5, 0.6) is 0 Å². The van der Waals surface area contributed by atoms with E-state index < -0.39 is 10.0 Å². The summed E-state index contributed by atoms with van der Waals surface area (Å²) in [4.78, 5) is 2.33. The Kier molecular flexibility index (Phi) is 11.0. The average molecular weight is 352 g/mol. The van der Waals surface area contributed by atoms with Crippen LogP contribution < -0.4 is 0 Å². The molecule has 0 aromatic heterocycles. The van der Waals surface area contributed by atoms with Crippen molar-refractivity contribution in [2.45, 2.75) is 70.6 Å². The Morgan fingerprint density at radius 1 is 0.792 bits per heavy atom. The fourth-order valence-corrected chi connectivity index (χ4v) is 3.53. The standard InChI is InChI=1S/C18H29N3O2S/c19-20-21-24(22,23)17-13-8-6-4-2-1-3-5-7-10-14-18-15-11-9-12-16-18/h9,11-12,15-16H,1-8,10,13-14,17H2. The van der Waals surface area contributed by atoms with Gasteiger partial charge in [-0.3, -0.25) is 0 Å². The van der Waals surface area contributed by atoms with Gasteiger partial charge in [0.15, 0.2) is 0 Å². The molecule has 0 fully saturated rings. The number of azide groups is 1. The molecule has 0 aliphatic rings. The van der Waals surface area contributed by atoms with Gasteiger partial charge >= 0.3 is 0 Å². The van der Waals surface area contributed by atoms with Crippen molar-refractivity contribution in [2.24, 2.45) is 4.52 Å². The van der Waals surface area contributed by atoms with Gasteiger partial charge in [-0.05, 0) is 30.4 Å². The van der Waals surface area contributed by atoms with Crippen LogP contribution in [0.15, 0.2) is 34.9 Å². The predicted octanol–water partition coefficient (Wildman–Crippen LogP) is 5.77. The summed E-state index contributed by atoms with van der Waals surface area (Å²) < 4.78 is 25.1. The Bertz CT molecular complexity index is 582. The highest BCUT2D eigenvalue weighted by Gasteiger charge is 2.06. The van der Waals surface area contributed by atoms with Crippen molar-refractivity contribution in [1.29, 1.82) is 0 Å². The van der Waals surface area contributed by atoms with Crippen LogP contribution in [-0.2, 0) is 16.4 Å². The molecule has 1 rings (SSSR count). The van der Waals surface area contributed by atoms with E-state index >= 15 is 0 Å². The molecule has 0 aliphatic carbocycles. The van der Waals surface area contributed by atoms with Crippen molar-refractivity contribution in [2.75, 3.05) is 5.75 Å². The first-order valence-electron chi connectivity index (χ1n) is 8.97. The van der Waals surface area contributed by atoms with Gasteiger partial charge in [0.2, 0.25) is 10.0 Å². The van der Waals surface area contributed by atoms with Crippen LogP contribution in [0.3, 0.4) is 0 Å². The number of nitrogens with zero attached hydrogens (tertiary/aromatic N) is 3. The van der Waals surface area contributed by atoms with E-state index in [1.54, 1.807) is 0 Å². The molecule has 1 aromatic carbocycles. The summed E-state index contributed by atoms with van der Waals surface area (Å²) in [5.41, 5.74) is 9.55. The lowest BCUT2D eigenvalue weighted by molar-refractivity contribution is 0.553. The van der Waals surface area contributed by atoms with Crippen molar-refractivity contribution < 1.29 is 8.42 Å². The van der Waals surface area contributed by atoms with Crippen LogP contribution in [0.4, 0.5) is 0 Å². The van der Waals surface area contributed by atoms with Crippen LogP contribution in [0, 0.1) is 0 Å². The predicted molar refractivity (Wildman–Crippen MR) is 99.2 cm³/mol. The molecule has 0 atom stereocenters. The van der Waals surface area contributed by atoms with E-state index in [-0.39, 0.29) is 5.75 Å². The highest BCUT2D eigenvalue weighted by Crippen LogP contribution is 2.13. The maximum absolute atomic E-state index is 11.2. The van der Waals surface area contributed by atoms with Crippen LogP contribution >= 0.6 is 0 Å². The fourth-order valence-electron chi connectivity index (χ4n) is 2.77. The van der Waals surface area contributed by atoms with E-state index in [1.807, 2.05) is 0 Å². The zero-order valence-electron chi connectivity index (χ0n) is 14.4. The SMILES string of the molecule is [N-]=[N+]=NS(=O)(=O)CCCCCCCCCCCCc1ccccc1. The summed E-state index contributed by atoms with van der Waals surface area (Å²) in [6.07, 6.45) is 12.5. The molecule has 0 N–H and O–H groups in total. The maximum Gasteiger partial charge on any atom is 0.235 e. The summed E-state index contributed by atoms with van der Waals surface area (Å²) in [5.74, 6) is -0.0293. The molecule has 6 heteroatoms. The average Bonchev–Trinajstić information content (AvgIpc) is 2.56. The monoisotopic (exact) mass is 351 g/mol. The van der Waals surface area contributed by atoms with E-state index in [4.69, 9.17) is 5.53 Å². The summed E-state index contributed by atoms with van der Waals surface area (Å²) in [5, 5.41) is 0. The van der Waals surface area contributed by atoms with E-state index in [9.17, 15) is 8.42 Å². The molecule has 0 bridgehead atoms. The molecule has 0 radical (unpaired) electrons. The lowest BCUT2D eigenvalue weighted by Gasteiger charge is -2.03. The minimum atomic E-state index is -3.55.